The fourth-order valence-corrected chi connectivity index (χ4v) is 6.35. The molecule has 3 aromatic carbocycles. The Morgan fingerprint density at radius 3 is 2.29 bits per heavy atom. The number of amides is 1. The third kappa shape index (κ3) is 8.02. The van der Waals surface area contributed by atoms with Crippen LogP contribution in [0.5, 0.6) is 0 Å². The van der Waals surface area contributed by atoms with E-state index in [4.69, 9.17) is 19.0 Å². The van der Waals surface area contributed by atoms with Gasteiger partial charge in [0.05, 0.1) is 12.7 Å². The minimum absolute atomic E-state index is 0.274. The van der Waals surface area contributed by atoms with Crippen molar-refractivity contribution in [3.8, 4) is 22.5 Å². The lowest BCUT2D eigenvalue weighted by Crippen LogP contribution is -2.39. The van der Waals surface area contributed by atoms with E-state index in [2.05, 4.69) is 40.4 Å². The van der Waals surface area contributed by atoms with E-state index in [1.54, 1.807) is 4.90 Å². The Hall–Kier alpha value is -4.76. The Morgan fingerprint density at radius 2 is 1.62 bits per heavy atom. The van der Waals surface area contributed by atoms with Crippen molar-refractivity contribution in [2.24, 2.45) is 0 Å². The fourth-order valence-electron chi connectivity index (χ4n) is 6.35. The summed E-state index contributed by atoms with van der Waals surface area (Å²) < 4.78 is 16.4. The van der Waals surface area contributed by atoms with Gasteiger partial charge in [-0.25, -0.2) is 9.59 Å². The van der Waals surface area contributed by atoms with Crippen LogP contribution in [-0.4, -0.2) is 77.4 Å². The van der Waals surface area contributed by atoms with Crippen molar-refractivity contribution in [2.75, 3.05) is 39.8 Å². The number of hydrogen-bond donors (Lipinski definition) is 0. The zero-order valence-electron chi connectivity index (χ0n) is 28.3. The Balaban J connectivity index is 1.11. The van der Waals surface area contributed by atoms with Crippen LogP contribution in [0.1, 0.15) is 73.3 Å². The van der Waals surface area contributed by atoms with E-state index >= 15 is 0 Å². The quantitative estimate of drug-likeness (QED) is 0.180. The van der Waals surface area contributed by atoms with Crippen LogP contribution in [-0.2, 0) is 15.9 Å². The molecule has 9 nitrogen and oxygen atoms in total. The maximum absolute atomic E-state index is 12.7. The van der Waals surface area contributed by atoms with E-state index in [1.165, 1.54) is 12.7 Å². The molecule has 2 aliphatic heterocycles. The van der Waals surface area contributed by atoms with Gasteiger partial charge in [0.15, 0.2) is 0 Å². The first-order valence-corrected chi connectivity index (χ1v) is 16.8. The van der Waals surface area contributed by atoms with Gasteiger partial charge in [0.25, 0.3) is 0 Å². The zero-order valence-corrected chi connectivity index (χ0v) is 28.3. The molecule has 6 rings (SSSR count). The van der Waals surface area contributed by atoms with Gasteiger partial charge in [0, 0.05) is 31.1 Å². The van der Waals surface area contributed by atoms with Crippen molar-refractivity contribution in [2.45, 2.75) is 58.0 Å². The molecule has 0 N–H and O–H groups in total. The first kappa shape index (κ1) is 33.2. The highest BCUT2D eigenvalue weighted by atomic mass is 16.6. The maximum Gasteiger partial charge on any atom is 0.410 e. The summed E-state index contributed by atoms with van der Waals surface area (Å²) in [7, 11) is 1.39. The van der Waals surface area contributed by atoms with Crippen LogP contribution in [0.4, 0.5) is 4.79 Å². The molecule has 250 valence electrons. The number of piperidine rings is 1. The number of methoxy groups -OCH3 is 1. The molecule has 4 aromatic rings. The number of rotatable bonds is 8. The van der Waals surface area contributed by atoms with E-state index in [-0.39, 0.29) is 12.0 Å². The summed E-state index contributed by atoms with van der Waals surface area (Å²) in [6.07, 6.45) is 5.33. The third-order valence-electron chi connectivity index (χ3n) is 9.05. The molecule has 1 fully saturated rings. The summed E-state index contributed by atoms with van der Waals surface area (Å²) in [5.74, 6) is 1.18. The minimum atomic E-state index is -0.560. The van der Waals surface area contributed by atoms with Crippen molar-refractivity contribution in [1.82, 2.24) is 19.9 Å². The molecule has 0 radical (unpaired) electrons. The lowest BCUT2D eigenvalue weighted by atomic mass is 9.91. The standard InChI is InChI=1S/C39H44N4O5/c1-39(2,3)47-38(45)43-24-19-29(20-25-43)34-26-32(14-15-33(34)37(44)46-4)28-10-12-30(13-11-28)35-40-36(48-41-35)31-17-22-42(23-18-31)21-16-27-8-6-5-7-9-27/h5-15,19,26,31H,16-18,20-25H2,1-4H3. The summed E-state index contributed by atoms with van der Waals surface area (Å²) >= 11 is 0. The minimum Gasteiger partial charge on any atom is -0.465 e. The topological polar surface area (TPSA) is 98.0 Å². The van der Waals surface area contributed by atoms with Crippen molar-refractivity contribution >= 4 is 17.6 Å². The van der Waals surface area contributed by atoms with E-state index < -0.39 is 11.6 Å². The van der Waals surface area contributed by atoms with E-state index in [0.29, 0.717) is 36.8 Å². The lowest BCUT2D eigenvalue weighted by Gasteiger charge is -2.30. The Bertz CT molecular complexity index is 1750. The Morgan fingerprint density at radius 1 is 0.917 bits per heavy atom. The second-order valence-electron chi connectivity index (χ2n) is 13.5. The molecule has 9 heteroatoms. The molecule has 1 amide bonds. The molecule has 0 unspecified atom stereocenters. The lowest BCUT2D eigenvalue weighted by molar-refractivity contribution is 0.0270. The van der Waals surface area contributed by atoms with E-state index in [9.17, 15) is 9.59 Å². The van der Waals surface area contributed by atoms with E-state index in [1.807, 2.05) is 69.3 Å². The SMILES string of the molecule is COC(=O)c1ccc(-c2ccc(-c3noc(C4CCN(CCc5ccccc5)CC4)n3)cc2)cc1C1=CCN(C(=O)OC(C)(C)C)CC1. The summed E-state index contributed by atoms with van der Waals surface area (Å²) in [6, 6.07) is 24.5. The van der Waals surface area contributed by atoms with Gasteiger partial charge in [0.1, 0.15) is 5.60 Å². The highest BCUT2D eigenvalue weighted by Gasteiger charge is 2.27. The number of benzene rings is 3. The van der Waals surface area contributed by atoms with Crippen LogP contribution < -0.4 is 0 Å². The van der Waals surface area contributed by atoms with Gasteiger partial charge in [0.2, 0.25) is 11.7 Å². The van der Waals surface area contributed by atoms with Crippen molar-refractivity contribution in [1.29, 1.82) is 0 Å². The second-order valence-corrected chi connectivity index (χ2v) is 13.5. The molecule has 48 heavy (non-hydrogen) atoms. The summed E-state index contributed by atoms with van der Waals surface area (Å²) in [4.78, 5) is 34.3. The third-order valence-corrected chi connectivity index (χ3v) is 9.05. The number of aromatic nitrogens is 2. The van der Waals surface area contributed by atoms with Crippen LogP contribution in [0.25, 0.3) is 28.1 Å². The molecule has 0 atom stereocenters. The van der Waals surface area contributed by atoms with Crippen LogP contribution in [0.3, 0.4) is 0 Å². The number of ether oxygens (including phenoxy) is 2. The van der Waals surface area contributed by atoms with Gasteiger partial charge in [-0.2, -0.15) is 4.98 Å². The Kier molecular flexibility index (Phi) is 10.1. The van der Waals surface area contributed by atoms with Crippen LogP contribution in [0.15, 0.2) is 83.4 Å². The van der Waals surface area contributed by atoms with Gasteiger partial charge in [-0.3, -0.25) is 0 Å². The molecule has 2 aliphatic rings. The maximum atomic E-state index is 12.7. The fraction of sp³-hybridized carbons (Fsp3) is 0.385. The number of likely N-dealkylation sites (tertiary alicyclic amines) is 1. The van der Waals surface area contributed by atoms with Gasteiger partial charge in [-0.05, 0) is 99.5 Å². The molecule has 0 bridgehead atoms. The number of carbonyl (C=O) groups is 2. The summed E-state index contributed by atoms with van der Waals surface area (Å²) in [5.41, 5.74) is 5.96. The molecule has 0 spiro atoms. The molecule has 1 aromatic heterocycles. The molecular formula is C39H44N4O5. The average molecular weight is 649 g/mol. The number of esters is 1. The van der Waals surface area contributed by atoms with Crippen LogP contribution in [0, 0.1) is 0 Å². The predicted octanol–water partition coefficient (Wildman–Crippen LogP) is 7.64. The molecule has 0 saturated carbocycles. The van der Waals surface area contributed by atoms with Crippen molar-refractivity contribution in [3.05, 3.63) is 101 Å². The van der Waals surface area contributed by atoms with Crippen molar-refractivity contribution < 1.29 is 23.6 Å². The molecule has 0 aliphatic carbocycles. The number of nitrogens with zero attached hydrogens (tertiary/aromatic N) is 4. The second kappa shape index (κ2) is 14.6. The van der Waals surface area contributed by atoms with E-state index in [0.717, 1.165) is 66.7 Å². The largest absolute Gasteiger partial charge is 0.465 e. The zero-order chi connectivity index (χ0) is 33.7. The smallest absolute Gasteiger partial charge is 0.410 e. The van der Waals surface area contributed by atoms with Gasteiger partial charge < -0.3 is 23.8 Å². The average Bonchev–Trinajstić information content (AvgIpc) is 3.61. The molecular weight excluding hydrogens is 604 g/mol. The van der Waals surface area contributed by atoms with Gasteiger partial charge >= 0.3 is 12.1 Å². The van der Waals surface area contributed by atoms with Crippen molar-refractivity contribution in [3.63, 3.8) is 0 Å². The number of carbonyl (C=O) groups excluding carboxylic acids is 2. The number of hydrogen-bond acceptors (Lipinski definition) is 8. The molecule has 1 saturated heterocycles. The first-order valence-electron chi connectivity index (χ1n) is 16.8. The highest BCUT2D eigenvalue weighted by molar-refractivity contribution is 5.97. The normalized spacial score (nSPS) is 16.0. The first-order chi connectivity index (χ1) is 23.2. The predicted molar refractivity (Wildman–Crippen MR) is 185 cm³/mol. The van der Waals surface area contributed by atoms with Crippen LogP contribution >= 0.6 is 0 Å². The van der Waals surface area contributed by atoms with Gasteiger partial charge in [-0.1, -0.05) is 71.9 Å². The summed E-state index contributed by atoms with van der Waals surface area (Å²) in [5, 5.41) is 4.32. The molecule has 3 heterocycles. The van der Waals surface area contributed by atoms with Crippen LogP contribution in [0.2, 0.25) is 0 Å². The Labute approximate surface area is 282 Å². The highest BCUT2D eigenvalue weighted by Crippen LogP contribution is 2.33. The van der Waals surface area contributed by atoms with Gasteiger partial charge in [-0.15, -0.1) is 0 Å². The monoisotopic (exact) mass is 648 g/mol. The summed E-state index contributed by atoms with van der Waals surface area (Å²) in [6.45, 7) is 9.60.